The lowest BCUT2D eigenvalue weighted by Crippen LogP contribution is -2.58. The van der Waals surface area contributed by atoms with E-state index in [1.165, 1.54) is 32.1 Å². The van der Waals surface area contributed by atoms with Gasteiger partial charge in [-0.1, -0.05) is 13.8 Å². The van der Waals surface area contributed by atoms with Crippen LogP contribution in [0.15, 0.2) is 0 Å². The number of halogens is 1. The maximum Gasteiger partial charge on any atom is 0.0832 e. The third-order valence-corrected chi connectivity index (χ3v) is 10.3. The van der Waals surface area contributed by atoms with Crippen molar-refractivity contribution in [1.82, 2.24) is 5.32 Å². The Bertz CT molecular complexity index is 563. The van der Waals surface area contributed by atoms with Crippen molar-refractivity contribution in [2.45, 2.75) is 96.8 Å². The Balaban J connectivity index is 0.00000240. The molecule has 29 heavy (non-hydrogen) atoms. The molecule has 0 saturated heterocycles. The van der Waals surface area contributed by atoms with Crippen molar-refractivity contribution in [1.29, 1.82) is 0 Å². The summed E-state index contributed by atoms with van der Waals surface area (Å²) in [6.45, 7) is 9.27. The van der Waals surface area contributed by atoms with E-state index in [1.54, 1.807) is 0 Å². The first-order valence-corrected chi connectivity index (χ1v) is 12.1. The summed E-state index contributed by atoms with van der Waals surface area (Å²) in [4.78, 5) is 0. The second-order valence-electron chi connectivity index (χ2n) is 11.3. The van der Waals surface area contributed by atoms with Gasteiger partial charge < -0.3 is 21.3 Å². The molecule has 5 N–H and O–H groups in total. The molecule has 0 radical (unpaired) electrons. The molecular weight excluding hydrogens is 384 g/mol. The molecule has 0 spiro atoms. The Morgan fingerprint density at radius 1 is 0.931 bits per heavy atom. The second kappa shape index (κ2) is 8.94. The molecule has 0 aromatic heterocycles. The van der Waals surface area contributed by atoms with E-state index in [0.29, 0.717) is 17.4 Å². The van der Waals surface area contributed by atoms with Gasteiger partial charge in [0.05, 0.1) is 12.2 Å². The van der Waals surface area contributed by atoms with Gasteiger partial charge in [-0.3, -0.25) is 0 Å². The molecule has 0 aromatic carbocycles. The lowest BCUT2D eigenvalue weighted by Gasteiger charge is -2.62. The average molecular weight is 429 g/mol. The van der Waals surface area contributed by atoms with Crippen molar-refractivity contribution >= 4 is 12.4 Å². The number of fused-ring (bicyclic) bond motifs is 5. The van der Waals surface area contributed by atoms with Gasteiger partial charge in [0.1, 0.15) is 0 Å². The van der Waals surface area contributed by atoms with Gasteiger partial charge in [0.25, 0.3) is 0 Å². The molecule has 0 bridgehead atoms. The molecule has 4 fully saturated rings. The largest absolute Gasteiger partial charge is 0.390 e. The van der Waals surface area contributed by atoms with Crippen LogP contribution < -0.4 is 11.1 Å². The molecule has 4 saturated carbocycles. The van der Waals surface area contributed by atoms with E-state index < -0.39 is 12.2 Å². The molecule has 5 heteroatoms. The van der Waals surface area contributed by atoms with Crippen molar-refractivity contribution in [2.75, 3.05) is 13.1 Å². The predicted octanol–water partition coefficient (Wildman–Crippen LogP) is 3.73. The van der Waals surface area contributed by atoms with Gasteiger partial charge >= 0.3 is 0 Å². The number of nitrogens with one attached hydrogen (secondary N) is 1. The van der Waals surface area contributed by atoms with E-state index in [4.69, 9.17) is 5.73 Å². The van der Waals surface area contributed by atoms with E-state index >= 15 is 0 Å². The van der Waals surface area contributed by atoms with Gasteiger partial charge in [0.2, 0.25) is 0 Å². The zero-order valence-corrected chi connectivity index (χ0v) is 19.6. The van der Waals surface area contributed by atoms with E-state index in [9.17, 15) is 10.2 Å². The molecule has 10 atom stereocenters. The molecule has 4 unspecified atom stereocenters. The fourth-order valence-corrected chi connectivity index (χ4v) is 8.75. The number of aliphatic hydroxyl groups is 2. The number of rotatable bonds is 5. The molecule has 170 valence electrons. The smallest absolute Gasteiger partial charge is 0.0832 e. The highest BCUT2D eigenvalue weighted by atomic mass is 35.5. The number of nitrogens with two attached hydrogens (primary N) is 1. The van der Waals surface area contributed by atoms with Gasteiger partial charge in [-0.05, 0) is 118 Å². The quantitative estimate of drug-likeness (QED) is 0.503. The van der Waals surface area contributed by atoms with Crippen molar-refractivity contribution < 1.29 is 10.2 Å². The molecule has 0 aliphatic heterocycles. The molecule has 0 heterocycles. The van der Waals surface area contributed by atoms with Crippen LogP contribution >= 0.6 is 12.4 Å². The summed E-state index contributed by atoms with van der Waals surface area (Å²) >= 11 is 0. The van der Waals surface area contributed by atoms with Crippen molar-refractivity contribution in [3.05, 3.63) is 0 Å². The zero-order valence-electron chi connectivity index (χ0n) is 18.8. The first kappa shape index (κ1) is 23.8. The van der Waals surface area contributed by atoms with E-state index in [2.05, 4.69) is 26.1 Å². The van der Waals surface area contributed by atoms with Crippen LogP contribution in [0.25, 0.3) is 0 Å². The Kier molecular flexibility index (Phi) is 7.33. The fraction of sp³-hybridized carbons (Fsp3) is 1.00. The molecular formula is C24H45ClN2O2. The average Bonchev–Trinajstić information content (AvgIpc) is 3.02. The third-order valence-electron chi connectivity index (χ3n) is 10.3. The van der Waals surface area contributed by atoms with E-state index in [0.717, 1.165) is 62.4 Å². The van der Waals surface area contributed by atoms with Crippen LogP contribution in [0.4, 0.5) is 0 Å². The third kappa shape index (κ3) is 3.80. The molecule has 4 rings (SSSR count). The number of aliphatic hydroxyl groups excluding tert-OH is 2. The summed E-state index contributed by atoms with van der Waals surface area (Å²) in [6.07, 6.45) is 9.72. The number of hydrogen-bond donors (Lipinski definition) is 4. The summed E-state index contributed by atoms with van der Waals surface area (Å²) in [5.74, 6) is 3.49. The molecule has 0 aromatic rings. The second-order valence-corrected chi connectivity index (χ2v) is 11.3. The summed E-state index contributed by atoms with van der Waals surface area (Å²) in [5, 5.41) is 24.7. The van der Waals surface area contributed by atoms with Gasteiger partial charge in [-0.2, -0.15) is 0 Å². The summed E-state index contributed by atoms with van der Waals surface area (Å²) in [6, 6.07) is 0.580. The van der Waals surface area contributed by atoms with Crippen LogP contribution in [-0.2, 0) is 0 Å². The van der Waals surface area contributed by atoms with Crippen LogP contribution in [0.2, 0.25) is 0 Å². The van der Waals surface area contributed by atoms with Crippen LogP contribution in [-0.4, -0.2) is 41.6 Å². The SMILES string of the molecule is CC(NCCCN)[C@H]1CC[C@H]2[C@@H]3CCC4C(O)C(O)CC[C@]4(C)[C@H]3CC[C@]12C.Cl. The van der Waals surface area contributed by atoms with E-state index in [1.807, 2.05) is 0 Å². The van der Waals surface area contributed by atoms with Gasteiger partial charge in [0.15, 0.2) is 0 Å². The maximum absolute atomic E-state index is 10.7. The minimum Gasteiger partial charge on any atom is -0.390 e. The van der Waals surface area contributed by atoms with Crippen LogP contribution in [0.1, 0.15) is 78.6 Å². The minimum absolute atomic E-state index is 0. The molecule has 0 amide bonds. The normalized spacial score (nSPS) is 50.1. The van der Waals surface area contributed by atoms with Crippen molar-refractivity contribution in [3.63, 3.8) is 0 Å². The highest BCUT2D eigenvalue weighted by Crippen LogP contribution is 2.67. The topological polar surface area (TPSA) is 78.5 Å². The summed E-state index contributed by atoms with van der Waals surface area (Å²) in [7, 11) is 0. The molecule has 4 nitrogen and oxygen atoms in total. The zero-order chi connectivity index (χ0) is 20.1. The molecule has 4 aliphatic rings. The highest BCUT2D eigenvalue weighted by Gasteiger charge is 2.61. The summed E-state index contributed by atoms with van der Waals surface area (Å²) in [5.41, 5.74) is 6.38. The minimum atomic E-state index is -0.504. The Labute approximate surface area is 184 Å². The molecule has 4 aliphatic carbocycles. The standard InChI is InChI=1S/C24H44N2O2.ClH/c1-15(26-14-4-13-25)17-7-8-18-16-5-6-20-22(28)21(27)10-12-24(20,3)19(16)9-11-23(17,18)2;/h15-22,26-28H,4-14,25H2,1-3H3;1H/t15?,16-,17+,18-,19-,20?,21?,22?,23+,24+;/m0./s1. The summed E-state index contributed by atoms with van der Waals surface area (Å²) < 4.78 is 0. The van der Waals surface area contributed by atoms with Crippen molar-refractivity contribution in [2.24, 2.45) is 46.2 Å². The Morgan fingerprint density at radius 3 is 2.31 bits per heavy atom. The maximum atomic E-state index is 10.7. The predicted molar refractivity (Wildman–Crippen MR) is 121 cm³/mol. The fourth-order valence-electron chi connectivity index (χ4n) is 8.75. The van der Waals surface area contributed by atoms with Crippen LogP contribution in [0.3, 0.4) is 0 Å². The first-order valence-electron chi connectivity index (χ1n) is 12.1. The van der Waals surface area contributed by atoms with Gasteiger partial charge in [-0.25, -0.2) is 0 Å². The van der Waals surface area contributed by atoms with Gasteiger partial charge in [-0.15, -0.1) is 12.4 Å². The first-order chi connectivity index (χ1) is 13.3. The number of hydrogen-bond acceptors (Lipinski definition) is 4. The van der Waals surface area contributed by atoms with Crippen molar-refractivity contribution in [3.8, 4) is 0 Å². The highest BCUT2D eigenvalue weighted by molar-refractivity contribution is 5.85. The van der Waals surface area contributed by atoms with Gasteiger partial charge in [0, 0.05) is 6.04 Å². The lowest BCUT2D eigenvalue weighted by atomic mass is 9.44. The Morgan fingerprint density at radius 2 is 1.59 bits per heavy atom. The Hall–Kier alpha value is 0.130. The van der Waals surface area contributed by atoms with Crippen LogP contribution in [0.5, 0.6) is 0 Å². The van der Waals surface area contributed by atoms with E-state index in [-0.39, 0.29) is 17.8 Å². The monoisotopic (exact) mass is 428 g/mol. The lowest BCUT2D eigenvalue weighted by molar-refractivity contribution is -0.174. The van der Waals surface area contributed by atoms with Crippen LogP contribution in [0, 0.1) is 40.4 Å².